The molecule has 1 saturated heterocycles. The molecule has 1 aromatic heterocycles. The lowest BCUT2D eigenvalue weighted by atomic mass is 9.82. The molecule has 2 bridgehead atoms. The van der Waals surface area contributed by atoms with Gasteiger partial charge in [0, 0.05) is 38.4 Å². The van der Waals surface area contributed by atoms with Crippen LogP contribution in [0.2, 0.25) is 0 Å². The SMILES string of the molecule is Cc1nccn1CCCC(=O)N1C[C@@H]2[C@@H]3CC[C@@H](C3)[C@@H]2C1. The van der Waals surface area contributed by atoms with Crippen LogP contribution in [0.5, 0.6) is 0 Å². The van der Waals surface area contributed by atoms with Gasteiger partial charge in [0.2, 0.25) is 5.91 Å². The van der Waals surface area contributed by atoms with Crippen molar-refractivity contribution >= 4 is 5.91 Å². The van der Waals surface area contributed by atoms with E-state index in [1.165, 1.54) is 19.3 Å². The predicted molar refractivity (Wildman–Crippen MR) is 80.6 cm³/mol. The zero-order valence-corrected chi connectivity index (χ0v) is 12.9. The van der Waals surface area contributed by atoms with Crippen molar-refractivity contribution in [1.29, 1.82) is 0 Å². The van der Waals surface area contributed by atoms with E-state index in [4.69, 9.17) is 0 Å². The van der Waals surface area contributed by atoms with E-state index in [0.29, 0.717) is 12.3 Å². The second kappa shape index (κ2) is 5.15. The molecule has 0 spiro atoms. The van der Waals surface area contributed by atoms with Gasteiger partial charge >= 0.3 is 0 Å². The van der Waals surface area contributed by atoms with Crippen LogP contribution in [-0.4, -0.2) is 33.4 Å². The second-order valence-corrected chi connectivity index (χ2v) is 7.23. The number of carbonyl (C=O) groups excluding carboxylic acids is 1. The molecule has 4 atom stereocenters. The summed E-state index contributed by atoms with van der Waals surface area (Å²) in [7, 11) is 0. The highest BCUT2D eigenvalue weighted by Crippen LogP contribution is 2.55. The van der Waals surface area contributed by atoms with Crippen molar-refractivity contribution in [3.8, 4) is 0 Å². The fourth-order valence-electron chi connectivity index (χ4n) is 5.08. The zero-order chi connectivity index (χ0) is 14.4. The summed E-state index contributed by atoms with van der Waals surface area (Å²) in [6.45, 7) is 5.02. The molecule has 3 aliphatic rings. The molecule has 2 heterocycles. The Morgan fingerprint density at radius 1 is 1.29 bits per heavy atom. The molecule has 3 fully saturated rings. The monoisotopic (exact) mass is 287 g/mol. The number of hydrogen-bond donors (Lipinski definition) is 0. The summed E-state index contributed by atoms with van der Waals surface area (Å²) in [5.41, 5.74) is 0. The highest BCUT2D eigenvalue weighted by Gasteiger charge is 2.52. The maximum atomic E-state index is 12.4. The van der Waals surface area contributed by atoms with Crippen molar-refractivity contribution in [3.05, 3.63) is 18.2 Å². The summed E-state index contributed by atoms with van der Waals surface area (Å²) < 4.78 is 2.13. The lowest BCUT2D eigenvalue weighted by Crippen LogP contribution is -2.30. The highest BCUT2D eigenvalue weighted by atomic mass is 16.2. The molecule has 0 aromatic carbocycles. The fourth-order valence-corrected chi connectivity index (χ4v) is 5.08. The van der Waals surface area contributed by atoms with Gasteiger partial charge in [-0.25, -0.2) is 4.98 Å². The van der Waals surface area contributed by atoms with Gasteiger partial charge in [-0.2, -0.15) is 0 Å². The van der Waals surface area contributed by atoms with Crippen molar-refractivity contribution in [2.45, 2.75) is 45.6 Å². The third kappa shape index (κ3) is 2.29. The number of rotatable bonds is 4. The van der Waals surface area contributed by atoms with Crippen LogP contribution < -0.4 is 0 Å². The van der Waals surface area contributed by atoms with E-state index in [1.807, 2.05) is 19.3 Å². The summed E-state index contributed by atoms with van der Waals surface area (Å²) in [6.07, 6.45) is 9.74. The lowest BCUT2D eigenvalue weighted by molar-refractivity contribution is -0.130. The number of aromatic nitrogens is 2. The topological polar surface area (TPSA) is 38.1 Å². The number of carbonyl (C=O) groups is 1. The van der Waals surface area contributed by atoms with Crippen LogP contribution in [0, 0.1) is 30.6 Å². The predicted octanol–water partition coefficient (Wildman–Crippen LogP) is 2.48. The smallest absolute Gasteiger partial charge is 0.222 e. The van der Waals surface area contributed by atoms with E-state index < -0.39 is 0 Å². The zero-order valence-electron chi connectivity index (χ0n) is 12.9. The third-order valence-electron chi connectivity index (χ3n) is 6.20. The van der Waals surface area contributed by atoms with Crippen LogP contribution in [-0.2, 0) is 11.3 Å². The summed E-state index contributed by atoms with van der Waals surface area (Å²) in [5.74, 6) is 4.96. The molecule has 21 heavy (non-hydrogen) atoms. The molecular weight excluding hydrogens is 262 g/mol. The minimum atomic E-state index is 0.376. The largest absolute Gasteiger partial charge is 0.342 e. The summed E-state index contributed by atoms with van der Waals surface area (Å²) in [5, 5.41) is 0. The molecule has 2 aliphatic carbocycles. The maximum absolute atomic E-state index is 12.4. The average molecular weight is 287 g/mol. The quantitative estimate of drug-likeness (QED) is 0.853. The van der Waals surface area contributed by atoms with Crippen LogP contribution in [0.3, 0.4) is 0 Å². The summed E-state index contributed by atoms with van der Waals surface area (Å²) in [6, 6.07) is 0. The van der Waals surface area contributed by atoms with Crippen LogP contribution in [0.1, 0.15) is 37.9 Å². The Morgan fingerprint density at radius 2 is 2.00 bits per heavy atom. The number of nitrogens with zero attached hydrogens (tertiary/aromatic N) is 3. The Labute approximate surface area is 126 Å². The number of likely N-dealkylation sites (tertiary alicyclic amines) is 1. The second-order valence-electron chi connectivity index (χ2n) is 7.23. The molecule has 0 unspecified atom stereocenters. The molecule has 0 N–H and O–H groups in total. The number of imidazole rings is 1. The Balaban J connectivity index is 1.28. The average Bonchev–Trinajstić information content (AvgIpc) is 3.20. The Hall–Kier alpha value is -1.32. The van der Waals surface area contributed by atoms with E-state index >= 15 is 0 Å². The van der Waals surface area contributed by atoms with Gasteiger partial charge in [0.05, 0.1) is 0 Å². The van der Waals surface area contributed by atoms with Crippen molar-refractivity contribution in [2.75, 3.05) is 13.1 Å². The van der Waals surface area contributed by atoms with Crippen LogP contribution in [0.4, 0.5) is 0 Å². The molecule has 2 saturated carbocycles. The molecule has 1 amide bonds. The molecular formula is C17H25N3O. The van der Waals surface area contributed by atoms with Gasteiger partial charge in [0.15, 0.2) is 0 Å². The van der Waals surface area contributed by atoms with E-state index in [-0.39, 0.29) is 0 Å². The third-order valence-corrected chi connectivity index (χ3v) is 6.20. The van der Waals surface area contributed by atoms with Gasteiger partial charge < -0.3 is 9.47 Å². The van der Waals surface area contributed by atoms with Gasteiger partial charge in [-0.15, -0.1) is 0 Å². The molecule has 1 aliphatic heterocycles. The standard InChI is InChI=1S/C17H25N3O/c1-12-18-6-8-19(12)7-2-3-17(21)20-10-15-13-4-5-14(9-13)16(15)11-20/h6,8,13-16H,2-5,7,9-11H2,1H3/t13-,14+,15-,16+. The minimum Gasteiger partial charge on any atom is -0.342 e. The number of hydrogen-bond acceptors (Lipinski definition) is 2. The van der Waals surface area contributed by atoms with Crippen LogP contribution in [0.15, 0.2) is 12.4 Å². The number of aryl methyl sites for hydroxylation is 2. The summed E-state index contributed by atoms with van der Waals surface area (Å²) in [4.78, 5) is 18.8. The highest BCUT2D eigenvalue weighted by molar-refractivity contribution is 5.76. The molecule has 4 rings (SSSR count). The molecule has 4 nitrogen and oxygen atoms in total. The Bertz CT molecular complexity index is 520. The van der Waals surface area contributed by atoms with Crippen molar-refractivity contribution < 1.29 is 4.79 Å². The molecule has 114 valence electrons. The van der Waals surface area contributed by atoms with E-state index in [9.17, 15) is 4.79 Å². The fraction of sp³-hybridized carbons (Fsp3) is 0.765. The van der Waals surface area contributed by atoms with Crippen LogP contribution in [0.25, 0.3) is 0 Å². The first-order valence-corrected chi connectivity index (χ1v) is 8.48. The lowest BCUT2D eigenvalue weighted by Gasteiger charge is -2.22. The van der Waals surface area contributed by atoms with E-state index in [2.05, 4.69) is 14.5 Å². The number of amides is 1. The minimum absolute atomic E-state index is 0.376. The van der Waals surface area contributed by atoms with Gasteiger partial charge in [-0.3, -0.25) is 4.79 Å². The van der Waals surface area contributed by atoms with Crippen molar-refractivity contribution in [1.82, 2.24) is 14.5 Å². The Morgan fingerprint density at radius 3 is 2.62 bits per heavy atom. The van der Waals surface area contributed by atoms with Gasteiger partial charge in [-0.1, -0.05) is 0 Å². The van der Waals surface area contributed by atoms with Crippen molar-refractivity contribution in [3.63, 3.8) is 0 Å². The van der Waals surface area contributed by atoms with Gasteiger partial charge in [0.1, 0.15) is 5.82 Å². The first kappa shape index (κ1) is 13.4. The van der Waals surface area contributed by atoms with E-state index in [1.54, 1.807) is 0 Å². The molecule has 0 radical (unpaired) electrons. The first-order valence-electron chi connectivity index (χ1n) is 8.48. The maximum Gasteiger partial charge on any atom is 0.222 e. The van der Waals surface area contributed by atoms with Gasteiger partial charge in [0.25, 0.3) is 0 Å². The van der Waals surface area contributed by atoms with Crippen molar-refractivity contribution in [2.24, 2.45) is 23.7 Å². The molecule has 1 aromatic rings. The number of fused-ring (bicyclic) bond motifs is 5. The van der Waals surface area contributed by atoms with Crippen LogP contribution >= 0.6 is 0 Å². The van der Waals surface area contributed by atoms with E-state index in [0.717, 1.165) is 55.6 Å². The first-order chi connectivity index (χ1) is 10.2. The molecule has 4 heteroatoms. The summed E-state index contributed by atoms with van der Waals surface area (Å²) >= 11 is 0. The van der Waals surface area contributed by atoms with Gasteiger partial charge in [-0.05, 0) is 56.3 Å². The normalized spacial score (nSPS) is 33.7. The Kier molecular flexibility index (Phi) is 3.27.